The van der Waals surface area contributed by atoms with Crippen molar-refractivity contribution in [3.8, 4) is 5.88 Å². The highest BCUT2D eigenvalue weighted by Crippen LogP contribution is 2.26. The van der Waals surface area contributed by atoms with Gasteiger partial charge < -0.3 is 15.0 Å². The summed E-state index contributed by atoms with van der Waals surface area (Å²) >= 11 is 0. The summed E-state index contributed by atoms with van der Waals surface area (Å²) in [6.45, 7) is 4.90. The number of ether oxygens (including phenoxy) is 1. The van der Waals surface area contributed by atoms with Crippen molar-refractivity contribution in [1.29, 1.82) is 0 Å². The van der Waals surface area contributed by atoms with Crippen LogP contribution < -0.4 is 10.1 Å². The number of fused-ring (bicyclic) bond motifs is 1. The molecule has 0 aliphatic carbocycles. The molecule has 33 heavy (non-hydrogen) atoms. The van der Waals surface area contributed by atoms with Crippen LogP contribution in [0.15, 0.2) is 72.9 Å². The monoisotopic (exact) mass is 443 g/mol. The van der Waals surface area contributed by atoms with Gasteiger partial charge in [-0.15, -0.1) is 0 Å². The summed E-state index contributed by atoms with van der Waals surface area (Å²) in [5, 5.41) is 2.93. The van der Waals surface area contributed by atoms with Gasteiger partial charge in [0.1, 0.15) is 12.6 Å². The molecule has 2 heterocycles. The summed E-state index contributed by atoms with van der Waals surface area (Å²) in [6, 6.07) is 20.8. The van der Waals surface area contributed by atoms with Crippen LogP contribution in [0.3, 0.4) is 0 Å². The normalized spacial score (nSPS) is 15.1. The predicted molar refractivity (Wildman–Crippen MR) is 128 cm³/mol. The van der Waals surface area contributed by atoms with Gasteiger partial charge in [-0.3, -0.25) is 9.59 Å². The summed E-state index contributed by atoms with van der Waals surface area (Å²) in [7, 11) is 0. The molecule has 1 unspecified atom stereocenters. The van der Waals surface area contributed by atoms with Crippen molar-refractivity contribution in [2.75, 3.05) is 5.32 Å². The molecule has 1 N–H and O–H groups in total. The van der Waals surface area contributed by atoms with Crippen LogP contribution in [-0.2, 0) is 29.2 Å². The number of hydrogen-bond donors (Lipinski definition) is 1. The van der Waals surface area contributed by atoms with Crippen LogP contribution in [0.5, 0.6) is 5.88 Å². The molecule has 1 atom stereocenters. The zero-order valence-corrected chi connectivity index (χ0v) is 19.0. The van der Waals surface area contributed by atoms with E-state index in [0.29, 0.717) is 37.6 Å². The number of carbonyl (C=O) groups is 2. The van der Waals surface area contributed by atoms with E-state index in [0.717, 1.165) is 16.7 Å². The van der Waals surface area contributed by atoms with Crippen LogP contribution in [0.1, 0.15) is 37.0 Å². The maximum absolute atomic E-state index is 13.2. The maximum Gasteiger partial charge on any atom is 0.247 e. The number of carbonyl (C=O) groups excluding carboxylic acids is 2. The van der Waals surface area contributed by atoms with E-state index in [2.05, 4.69) is 10.3 Å². The van der Waals surface area contributed by atoms with Gasteiger partial charge in [0.25, 0.3) is 0 Å². The third kappa shape index (κ3) is 5.77. The zero-order valence-electron chi connectivity index (χ0n) is 19.0. The molecule has 4 rings (SSSR count). The van der Waals surface area contributed by atoms with Gasteiger partial charge in [-0.25, -0.2) is 4.98 Å². The highest BCUT2D eigenvalue weighted by molar-refractivity contribution is 5.97. The molecule has 170 valence electrons. The van der Waals surface area contributed by atoms with Gasteiger partial charge in [-0.2, -0.15) is 0 Å². The fourth-order valence-corrected chi connectivity index (χ4v) is 3.98. The average molecular weight is 444 g/mol. The smallest absolute Gasteiger partial charge is 0.247 e. The highest BCUT2D eigenvalue weighted by atomic mass is 16.5. The van der Waals surface area contributed by atoms with Crippen LogP contribution in [0.4, 0.5) is 5.69 Å². The molecule has 0 radical (unpaired) electrons. The fourth-order valence-electron chi connectivity index (χ4n) is 3.98. The van der Waals surface area contributed by atoms with Gasteiger partial charge in [0.2, 0.25) is 17.7 Å². The number of hydrogen-bond acceptors (Lipinski definition) is 4. The molecule has 1 aliphatic rings. The van der Waals surface area contributed by atoms with Crippen molar-refractivity contribution in [2.24, 2.45) is 5.92 Å². The summed E-state index contributed by atoms with van der Waals surface area (Å²) < 4.78 is 5.72. The van der Waals surface area contributed by atoms with Gasteiger partial charge in [-0.1, -0.05) is 68.4 Å². The third-order valence-electron chi connectivity index (χ3n) is 5.69. The summed E-state index contributed by atoms with van der Waals surface area (Å²) in [5.74, 6) is 0.506. The Kier molecular flexibility index (Phi) is 7.03. The van der Waals surface area contributed by atoms with Crippen molar-refractivity contribution < 1.29 is 14.3 Å². The minimum atomic E-state index is -0.555. The van der Waals surface area contributed by atoms with Crippen molar-refractivity contribution in [3.63, 3.8) is 0 Å². The van der Waals surface area contributed by atoms with Gasteiger partial charge in [0.05, 0.1) is 11.9 Å². The Balaban J connectivity index is 1.43. The van der Waals surface area contributed by atoms with E-state index < -0.39 is 6.04 Å². The van der Waals surface area contributed by atoms with Gasteiger partial charge in [0, 0.05) is 25.5 Å². The Morgan fingerprint density at radius 1 is 1.03 bits per heavy atom. The molecule has 0 fully saturated rings. The van der Waals surface area contributed by atoms with E-state index in [1.165, 1.54) is 0 Å². The number of rotatable bonds is 7. The topological polar surface area (TPSA) is 71.5 Å². The number of nitrogens with one attached hydrogen (secondary N) is 1. The Morgan fingerprint density at radius 2 is 1.76 bits per heavy atom. The zero-order chi connectivity index (χ0) is 23.2. The van der Waals surface area contributed by atoms with Crippen LogP contribution in [0, 0.1) is 5.92 Å². The lowest BCUT2D eigenvalue weighted by Gasteiger charge is -2.36. The number of anilines is 1. The number of amides is 2. The molecule has 1 aromatic heterocycles. The molecule has 6 heteroatoms. The second-order valence-corrected chi connectivity index (χ2v) is 8.76. The minimum Gasteiger partial charge on any atom is -0.473 e. The molecular formula is C27H29N3O3. The van der Waals surface area contributed by atoms with E-state index in [4.69, 9.17) is 4.74 Å². The van der Waals surface area contributed by atoms with Crippen molar-refractivity contribution in [3.05, 3.63) is 89.6 Å². The van der Waals surface area contributed by atoms with Crippen LogP contribution >= 0.6 is 0 Å². The Bertz CT molecular complexity index is 1100. The Labute approximate surface area is 194 Å². The second kappa shape index (κ2) is 10.3. The molecule has 3 aromatic rings. The fraction of sp³-hybridized carbons (Fsp3) is 0.296. The molecule has 2 amide bonds. The average Bonchev–Trinajstić information content (AvgIpc) is 2.83. The summed E-state index contributed by atoms with van der Waals surface area (Å²) in [4.78, 5) is 32.2. The lowest BCUT2D eigenvalue weighted by molar-refractivity contribution is -0.140. The summed E-state index contributed by atoms with van der Waals surface area (Å²) in [6.07, 6.45) is 2.49. The third-order valence-corrected chi connectivity index (χ3v) is 5.69. The molecule has 0 saturated heterocycles. The Hall–Kier alpha value is -3.67. The number of pyridine rings is 1. The van der Waals surface area contributed by atoms with E-state index in [-0.39, 0.29) is 17.7 Å². The Morgan fingerprint density at radius 3 is 2.45 bits per heavy atom. The van der Waals surface area contributed by atoms with E-state index in [1.807, 2.05) is 68.4 Å². The molecule has 0 spiro atoms. The summed E-state index contributed by atoms with van der Waals surface area (Å²) in [5.41, 5.74) is 3.83. The van der Waals surface area contributed by atoms with Crippen LogP contribution in [-0.4, -0.2) is 27.7 Å². The first-order valence-corrected chi connectivity index (χ1v) is 11.3. The first-order valence-electron chi connectivity index (χ1n) is 11.3. The van der Waals surface area contributed by atoms with Crippen LogP contribution in [0.2, 0.25) is 0 Å². The maximum atomic E-state index is 13.2. The predicted octanol–water partition coefficient (Wildman–Crippen LogP) is 4.60. The van der Waals surface area contributed by atoms with Crippen molar-refractivity contribution >= 4 is 17.5 Å². The number of nitrogens with zero attached hydrogens (tertiary/aromatic N) is 2. The van der Waals surface area contributed by atoms with Gasteiger partial charge in [-0.05, 0) is 28.7 Å². The van der Waals surface area contributed by atoms with Gasteiger partial charge >= 0.3 is 0 Å². The van der Waals surface area contributed by atoms with Crippen molar-refractivity contribution in [1.82, 2.24) is 9.88 Å². The molecule has 1 aliphatic heterocycles. The number of aromatic nitrogens is 1. The molecule has 0 bridgehead atoms. The molecule has 0 saturated carbocycles. The quantitative estimate of drug-likeness (QED) is 0.579. The first kappa shape index (κ1) is 22.5. The lowest BCUT2D eigenvalue weighted by atomic mass is 9.92. The molecule has 6 nitrogen and oxygen atoms in total. The molecule has 2 aromatic carbocycles. The number of benzene rings is 2. The van der Waals surface area contributed by atoms with Gasteiger partial charge in [0.15, 0.2) is 0 Å². The highest BCUT2D eigenvalue weighted by Gasteiger charge is 2.34. The molecular weight excluding hydrogens is 414 g/mol. The largest absolute Gasteiger partial charge is 0.473 e. The van der Waals surface area contributed by atoms with E-state index in [9.17, 15) is 9.59 Å². The van der Waals surface area contributed by atoms with E-state index in [1.54, 1.807) is 23.2 Å². The lowest BCUT2D eigenvalue weighted by Crippen LogP contribution is -2.50. The second-order valence-electron chi connectivity index (χ2n) is 8.76. The first-order chi connectivity index (χ1) is 16.0. The van der Waals surface area contributed by atoms with Crippen molar-refractivity contribution in [2.45, 2.75) is 45.9 Å². The van der Waals surface area contributed by atoms with Crippen LogP contribution in [0.25, 0.3) is 0 Å². The standard InChI is InChI=1S/C27H29N3O3/c1-19(2)14-26(31)30-17-22-11-7-6-10-21(22)15-24(30)27(32)29-23-12-13-25(28-16-23)33-18-20-8-4-3-5-9-20/h3-13,16,19,24H,14-15,17-18H2,1-2H3,(H,29,32). The minimum absolute atomic E-state index is 0.00226. The SMILES string of the molecule is CC(C)CC(=O)N1Cc2ccccc2CC1C(=O)Nc1ccc(OCc2ccccc2)nc1. The van der Waals surface area contributed by atoms with E-state index >= 15 is 0 Å².